The van der Waals surface area contributed by atoms with Gasteiger partial charge in [-0.2, -0.15) is 0 Å². The summed E-state index contributed by atoms with van der Waals surface area (Å²) >= 11 is 5.85. The maximum Gasteiger partial charge on any atom is 0.184 e. The van der Waals surface area contributed by atoms with Crippen molar-refractivity contribution in [3.63, 3.8) is 0 Å². The summed E-state index contributed by atoms with van der Waals surface area (Å²) in [6, 6.07) is 12.9. The fraction of sp³-hybridized carbons (Fsp3) is 0.350. The number of carbonyl (C=O) groups excluding carboxylic acids is 1. The molecule has 6 nitrogen and oxygen atoms in total. The van der Waals surface area contributed by atoms with Crippen LogP contribution in [0, 0.1) is 0 Å². The van der Waals surface area contributed by atoms with Crippen LogP contribution in [-0.2, 0) is 19.4 Å². The number of aliphatic hydroxyl groups excluding tert-OH is 1. The largest absolute Gasteiger partial charge is 0.457 e. The van der Waals surface area contributed by atoms with Crippen LogP contribution in [0.15, 0.2) is 53.4 Å². The highest BCUT2D eigenvalue weighted by molar-refractivity contribution is 7.92. The highest BCUT2D eigenvalue weighted by Crippen LogP contribution is 2.38. The Morgan fingerprint density at radius 3 is 2.11 bits per heavy atom. The van der Waals surface area contributed by atoms with Gasteiger partial charge in [-0.05, 0) is 61.4 Å². The molecule has 0 unspecified atom stereocenters. The van der Waals surface area contributed by atoms with E-state index in [-0.39, 0.29) is 37.4 Å². The van der Waals surface area contributed by atoms with Crippen LogP contribution in [0.25, 0.3) is 0 Å². The Morgan fingerprint density at radius 1 is 1.04 bits per heavy atom. The first-order valence-corrected chi connectivity index (χ1v) is 10.7. The van der Waals surface area contributed by atoms with Gasteiger partial charge >= 0.3 is 0 Å². The van der Waals surface area contributed by atoms with Gasteiger partial charge in [-0.1, -0.05) is 11.6 Å². The summed E-state index contributed by atoms with van der Waals surface area (Å²) in [6.07, 6.45) is 0.201. The number of sulfone groups is 1. The lowest BCUT2D eigenvalue weighted by molar-refractivity contribution is -0.122. The van der Waals surface area contributed by atoms with Crippen LogP contribution in [0.2, 0.25) is 5.02 Å². The highest BCUT2D eigenvalue weighted by Gasteiger charge is 2.47. The summed E-state index contributed by atoms with van der Waals surface area (Å²) in [4.78, 5) is 12.0. The minimum Gasteiger partial charge on any atom is -0.457 e. The first-order chi connectivity index (χ1) is 13.4. The first-order valence-electron chi connectivity index (χ1n) is 8.85. The molecule has 3 rings (SSSR count). The van der Waals surface area contributed by atoms with Crippen molar-refractivity contribution in [1.29, 1.82) is 0 Å². The fourth-order valence-corrected chi connectivity index (χ4v) is 5.45. The first kappa shape index (κ1) is 20.8. The van der Waals surface area contributed by atoms with Crippen molar-refractivity contribution in [3.8, 4) is 11.5 Å². The lowest BCUT2D eigenvalue weighted by Gasteiger charge is -2.36. The second-order valence-electron chi connectivity index (χ2n) is 6.70. The highest BCUT2D eigenvalue weighted by atomic mass is 35.5. The van der Waals surface area contributed by atoms with Crippen LogP contribution >= 0.6 is 11.6 Å². The molecule has 0 aromatic heterocycles. The van der Waals surface area contributed by atoms with Gasteiger partial charge in [0.05, 0.1) is 9.64 Å². The number of carbonyl (C=O) groups is 1. The van der Waals surface area contributed by atoms with E-state index in [2.05, 4.69) is 0 Å². The van der Waals surface area contributed by atoms with Crippen molar-refractivity contribution in [2.75, 3.05) is 19.8 Å². The number of rotatable bonds is 7. The number of hydrogen-bond acceptors (Lipinski definition) is 6. The number of halogens is 1. The Balaban J connectivity index is 1.85. The zero-order valence-electron chi connectivity index (χ0n) is 15.1. The average molecular weight is 425 g/mol. The van der Waals surface area contributed by atoms with Crippen molar-refractivity contribution < 1.29 is 27.8 Å². The Labute approximate surface area is 169 Å². The minimum absolute atomic E-state index is 0.114. The Hall–Kier alpha value is -1.93. The van der Waals surface area contributed by atoms with Crippen molar-refractivity contribution >= 4 is 27.2 Å². The Morgan fingerprint density at radius 2 is 1.57 bits per heavy atom. The van der Waals surface area contributed by atoms with Gasteiger partial charge in [-0.15, -0.1) is 0 Å². The van der Waals surface area contributed by atoms with E-state index < -0.39 is 27.0 Å². The molecular weight excluding hydrogens is 404 g/mol. The minimum atomic E-state index is -3.81. The molecule has 2 aromatic carbocycles. The van der Waals surface area contributed by atoms with Crippen LogP contribution in [0.5, 0.6) is 11.5 Å². The smallest absolute Gasteiger partial charge is 0.184 e. The number of benzene rings is 2. The molecule has 0 atom stereocenters. The average Bonchev–Trinajstić information content (AvgIpc) is 2.70. The zero-order valence-corrected chi connectivity index (χ0v) is 16.7. The van der Waals surface area contributed by atoms with Gasteiger partial charge in [0, 0.05) is 24.7 Å². The normalized spacial score (nSPS) is 16.5. The van der Waals surface area contributed by atoms with Crippen molar-refractivity contribution in [2.24, 2.45) is 0 Å². The van der Waals surface area contributed by atoms with Crippen LogP contribution in [0.1, 0.15) is 19.3 Å². The van der Waals surface area contributed by atoms with Gasteiger partial charge in [-0.25, -0.2) is 8.42 Å². The number of ketones is 1. The molecule has 8 heteroatoms. The molecule has 0 spiro atoms. The summed E-state index contributed by atoms with van der Waals surface area (Å²) in [5.74, 6) is 0.566. The number of hydrogen-bond donors (Lipinski definition) is 1. The van der Waals surface area contributed by atoms with E-state index in [0.29, 0.717) is 16.5 Å². The van der Waals surface area contributed by atoms with E-state index in [9.17, 15) is 13.2 Å². The molecule has 1 heterocycles. The fourth-order valence-electron chi connectivity index (χ4n) is 3.27. The van der Waals surface area contributed by atoms with E-state index in [0.717, 1.165) is 0 Å². The maximum atomic E-state index is 13.3. The number of aliphatic hydroxyl groups is 1. The van der Waals surface area contributed by atoms with Gasteiger partial charge in [0.25, 0.3) is 0 Å². The molecule has 1 fully saturated rings. The summed E-state index contributed by atoms with van der Waals surface area (Å²) in [5.41, 5.74) is 0. The molecule has 150 valence electrons. The molecule has 28 heavy (non-hydrogen) atoms. The quantitative estimate of drug-likeness (QED) is 0.732. The van der Waals surface area contributed by atoms with Crippen molar-refractivity contribution in [3.05, 3.63) is 53.6 Å². The second-order valence-corrected chi connectivity index (χ2v) is 9.48. The molecule has 0 saturated carbocycles. The molecule has 0 radical (unpaired) electrons. The maximum absolute atomic E-state index is 13.3. The number of Topliss-reactive ketones (excluding diaryl/α,β-unsaturated/α-hetero) is 1. The zero-order chi connectivity index (χ0) is 20.2. The van der Waals surface area contributed by atoms with E-state index in [1.165, 1.54) is 12.1 Å². The van der Waals surface area contributed by atoms with Crippen LogP contribution < -0.4 is 4.74 Å². The topological polar surface area (TPSA) is 89.9 Å². The monoisotopic (exact) mass is 424 g/mol. The van der Waals surface area contributed by atoms with E-state index in [1.807, 2.05) is 0 Å². The Bertz CT molecular complexity index is 916. The van der Waals surface area contributed by atoms with Gasteiger partial charge in [0.2, 0.25) is 0 Å². The Kier molecular flexibility index (Phi) is 6.40. The van der Waals surface area contributed by atoms with Gasteiger partial charge in [0.15, 0.2) is 15.6 Å². The molecule has 0 bridgehead atoms. The number of ether oxygens (including phenoxy) is 2. The predicted octanol–water partition coefficient (Wildman–Crippen LogP) is 3.41. The lowest BCUT2D eigenvalue weighted by Crippen LogP contribution is -2.46. The third kappa shape index (κ3) is 4.38. The van der Waals surface area contributed by atoms with E-state index in [1.54, 1.807) is 36.4 Å². The molecule has 0 amide bonds. The van der Waals surface area contributed by atoms with Gasteiger partial charge < -0.3 is 14.6 Å². The van der Waals surface area contributed by atoms with E-state index in [4.69, 9.17) is 26.2 Å². The van der Waals surface area contributed by atoms with Crippen molar-refractivity contribution in [1.82, 2.24) is 0 Å². The summed E-state index contributed by atoms with van der Waals surface area (Å²) in [7, 11) is -3.81. The molecule has 1 aliphatic heterocycles. The predicted molar refractivity (Wildman–Crippen MR) is 105 cm³/mol. The lowest BCUT2D eigenvalue weighted by atomic mass is 9.93. The van der Waals surface area contributed by atoms with E-state index >= 15 is 0 Å². The van der Waals surface area contributed by atoms with Gasteiger partial charge in [0.1, 0.15) is 18.1 Å². The molecule has 0 aliphatic carbocycles. The molecule has 1 aliphatic rings. The molecule has 1 N–H and O–H groups in total. The van der Waals surface area contributed by atoms with Gasteiger partial charge in [-0.3, -0.25) is 4.79 Å². The van der Waals surface area contributed by atoms with Crippen LogP contribution in [0.3, 0.4) is 0 Å². The third-order valence-corrected chi connectivity index (χ3v) is 7.69. The summed E-state index contributed by atoms with van der Waals surface area (Å²) in [5, 5.41) is 9.70. The SMILES string of the molecule is O=C(CO)CC1(S(=O)(=O)c2ccc(Oc3ccc(Cl)cc3)cc2)CCOCC1. The van der Waals surface area contributed by atoms with Crippen LogP contribution in [0.4, 0.5) is 0 Å². The molecule has 2 aromatic rings. The summed E-state index contributed by atoms with van der Waals surface area (Å²) in [6.45, 7) is -0.155. The molecule has 1 saturated heterocycles. The third-order valence-electron chi connectivity index (χ3n) is 4.85. The standard InChI is InChI=1S/C20H21ClO6S/c21-15-1-3-17(4-2-15)27-18-5-7-19(8-6-18)28(24,25)20(13-16(23)14-22)9-11-26-12-10-20/h1-8,22H,9-14H2. The van der Waals surface area contributed by atoms with Crippen molar-refractivity contribution in [2.45, 2.75) is 28.9 Å². The second kappa shape index (κ2) is 8.61. The van der Waals surface area contributed by atoms with Crippen LogP contribution in [-0.4, -0.2) is 43.9 Å². The molecular formula is C20H21ClO6S. The summed E-state index contributed by atoms with van der Waals surface area (Å²) < 4.78 is 36.4.